The van der Waals surface area contributed by atoms with Gasteiger partial charge in [-0.2, -0.15) is 0 Å². The van der Waals surface area contributed by atoms with E-state index in [-0.39, 0.29) is 18.8 Å². The Hall–Kier alpha value is -3.72. The van der Waals surface area contributed by atoms with Crippen molar-refractivity contribution in [3.63, 3.8) is 0 Å². The maximum absolute atomic E-state index is 13.9. The van der Waals surface area contributed by atoms with Crippen molar-refractivity contribution in [2.24, 2.45) is 11.8 Å². The molecule has 190 valence electrons. The summed E-state index contributed by atoms with van der Waals surface area (Å²) in [5, 5.41) is 3.31. The van der Waals surface area contributed by atoms with Gasteiger partial charge in [0.15, 0.2) is 17.3 Å². The van der Waals surface area contributed by atoms with Crippen molar-refractivity contribution in [3.05, 3.63) is 53.6 Å². The number of methoxy groups -OCH3 is 2. The lowest BCUT2D eigenvalue weighted by Crippen LogP contribution is -2.56. The Labute approximate surface area is 209 Å². The first-order valence-electron chi connectivity index (χ1n) is 11.9. The van der Waals surface area contributed by atoms with Crippen molar-refractivity contribution >= 4 is 29.3 Å². The molecule has 2 aromatic rings. The predicted molar refractivity (Wildman–Crippen MR) is 131 cm³/mol. The Morgan fingerprint density at radius 1 is 1.00 bits per heavy atom. The molecule has 36 heavy (non-hydrogen) atoms. The average molecular weight is 495 g/mol. The fourth-order valence-electron chi connectivity index (χ4n) is 5.37. The minimum Gasteiger partial charge on any atom is -0.493 e. The average Bonchev–Trinajstić information content (AvgIpc) is 3.37. The first kappa shape index (κ1) is 25.4. The Morgan fingerprint density at radius 2 is 1.72 bits per heavy atom. The van der Waals surface area contributed by atoms with Crippen LogP contribution in [0.4, 0.5) is 5.69 Å². The lowest BCUT2D eigenvalue weighted by Gasteiger charge is -2.32. The number of nitrogens with zero attached hydrogens (tertiary/aromatic N) is 1. The molecule has 0 radical (unpaired) electrons. The number of hydrogen-bond donors (Lipinski definition) is 1. The molecule has 9 nitrogen and oxygen atoms in total. The molecule has 2 aliphatic heterocycles. The molecule has 2 aromatic carbocycles. The summed E-state index contributed by atoms with van der Waals surface area (Å²) in [5.74, 6) is -2.61. The summed E-state index contributed by atoms with van der Waals surface area (Å²) in [4.78, 5) is 54.2. The number of fused-ring (bicyclic) bond motifs is 1. The zero-order valence-corrected chi connectivity index (χ0v) is 21.0. The Balaban J connectivity index is 1.86. The molecule has 2 fully saturated rings. The van der Waals surface area contributed by atoms with Gasteiger partial charge in [-0.05, 0) is 50.1 Å². The maximum atomic E-state index is 13.9. The quantitative estimate of drug-likeness (QED) is 0.339. The minimum absolute atomic E-state index is 0.132. The molecule has 2 amide bonds. The molecule has 0 aromatic heterocycles. The van der Waals surface area contributed by atoms with E-state index in [1.165, 1.54) is 27.2 Å². The molecular formula is C27H30N2O7. The van der Waals surface area contributed by atoms with Gasteiger partial charge >= 0.3 is 5.97 Å². The van der Waals surface area contributed by atoms with Crippen LogP contribution in [0.25, 0.3) is 0 Å². The molecule has 1 N–H and O–H groups in total. The third-order valence-corrected chi connectivity index (χ3v) is 7.13. The first-order valence-corrected chi connectivity index (χ1v) is 11.9. The minimum atomic E-state index is -1.40. The normalized spacial score (nSPS) is 25.0. The van der Waals surface area contributed by atoms with E-state index in [0.29, 0.717) is 28.3 Å². The second kappa shape index (κ2) is 9.73. The van der Waals surface area contributed by atoms with E-state index in [2.05, 4.69) is 5.32 Å². The van der Waals surface area contributed by atoms with Crippen molar-refractivity contribution in [1.29, 1.82) is 0 Å². The van der Waals surface area contributed by atoms with Gasteiger partial charge in [0.1, 0.15) is 5.54 Å². The van der Waals surface area contributed by atoms with Crippen LogP contribution in [-0.2, 0) is 19.1 Å². The van der Waals surface area contributed by atoms with Crippen LogP contribution >= 0.6 is 0 Å². The van der Waals surface area contributed by atoms with Crippen LogP contribution in [0.2, 0.25) is 0 Å². The molecule has 4 atom stereocenters. The number of hydrogen-bond acceptors (Lipinski definition) is 8. The van der Waals surface area contributed by atoms with Crippen LogP contribution in [-0.4, -0.2) is 49.9 Å². The molecule has 0 unspecified atom stereocenters. The second-order valence-electron chi connectivity index (χ2n) is 8.90. The number of carbonyl (C=O) groups is 4. The van der Waals surface area contributed by atoms with Gasteiger partial charge in [0.05, 0.1) is 38.3 Å². The zero-order chi connectivity index (χ0) is 26.2. The molecule has 2 heterocycles. The van der Waals surface area contributed by atoms with Gasteiger partial charge in [0, 0.05) is 11.6 Å². The van der Waals surface area contributed by atoms with E-state index in [1.807, 2.05) is 0 Å². The molecule has 0 spiro atoms. The Kier molecular flexibility index (Phi) is 6.86. The molecule has 4 rings (SSSR count). The van der Waals surface area contributed by atoms with Gasteiger partial charge in [-0.15, -0.1) is 0 Å². The van der Waals surface area contributed by atoms with E-state index in [0.717, 1.165) is 4.90 Å². The van der Waals surface area contributed by atoms with Crippen LogP contribution in [0.1, 0.15) is 49.2 Å². The zero-order valence-electron chi connectivity index (χ0n) is 21.0. The summed E-state index contributed by atoms with van der Waals surface area (Å²) >= 11 is 0. The number of ketones is 1. The number of benzene rings is 2. The fraction of sp³-hybridized carbons (Fsp3) is 0.407. The number of anilines is 1. The van der Waals surface area contributed by atoms with Gasteiger partial charge < -0.3 is 14.2 Å². The highest BCUT2D eigenvalue weighted by Gasteiger charge is 2.68. The van der Waals surface area contributed by atoms with Crippen molar-refractivity contribution in [3.8, 4) is 11.5 Å². The number of esters is 1. The largest absolute Gasteiger partial charge is 0.493 e. The van der Waals surface area contributed by atoms with Crippen LogP contribution in [0.15, 0.2) is 42.5 Å². The van der Waals surface area contributed by atoms with E-state index >= 15 is 0 Å². The summed E-state index contributed by atoms with van der Waals surface area (Å²) in [7, 11) is 3.03. The van der Waals surface area contributed by atoms with Gasteiger partial charge in [0.2, 0.25) is 11.8 Å². The summed E-state index contributed by atoms with van der Waals surface area (Å²) in [6, 6.07) is 11.0. The highest BCUT2D eigenvalue weighted by molar-refractivity contribution is 6.24. The molecule has 2 aliphatic rings. The summed E-state index contributed by atoms with van der Waals surface area (Å²) in [6.07, 6.45) is 0.233. The Bertz CT molecular complexity index is 1230. The smallest absolute Gasteiger partial charge is 0.327 e. The maximum Gasteiger partial charge on any atom is 0.327 e. The molecule has 2 saturated heterocycles. The highest BCUT2D eigenvalue weighted by Crippen LogP contribution is 2.52. The number of imide groups is 1. The monoisotopic (exact) mass is 494 g/mol. The van der Waals surface area contributed by atoms with E-state index in [1.54, 1.807) is 50.2 Å². The van der Waals surface area contributed by atoms with Crippen LogP contribution in [0.5, 0.6) is 11.5 Å². The van der Waals surface area contributed by atoms with E-state index in [4.69, 9.17) is 14.2 Å². The van der Waals surface area contributed by atoms with E-state index in [9.17, 15) is 19.2 Å². The van der Waals surface area contributed by atoms with Gasteiger partial charge in [0.25, 0.3) is 0 Å². The van der Waals surface area contributed by atoms with Crippen LogP contribution in [0.3, 0.4) is 0 Å². The van der Waals surface area contributed by atoms with Crippen molar-refractivity contribution in [2.75, 3.05) is 25.7 Å². The predicted octanol–water partition coefficient (Wildman–Crippen LogP) is 3.07. The lowest BCUT2D eigenvalue weighted by molar-refractivity contribution is -0.154. The van der Waals surface area contributed by atoms with E-state index < -0.39 is 41.2 Å². The Morgan fingerprint density at radius 3 is 2.33 bits per heavy atom. The van der Waals surface area contributed by atoms with Gasteiger partial charge in [-0.25, -0.2) is 4.90 Å². The van der Waals surface area contributed by atoms with Gasteiger partial charge in [-0.3, -0.25) is 24.5 Å². The van der Waals surface area contributed by atoms with Gasteiger partial charge in [-0.1, -0.05) is 25.1 Å². The number of carbonyl (C=O) groups excluding carboxylic acids is 4. The summed E-state index contributed by atoms with van der Waals surface area (Å²) < 4.78 is 16.2. The number of rotatable bonds is 8. The molecule has 0 saturated carbocycles. The number of amides is 2. The lowest BCUT2D eigenvalue weighted by atomic mass is 9.78. The molecule has 0 bridgehead atoms. The number of ether oxygens (including phenoxy) is 3. The number of nitrogens with one attached hydrogen (secondary N) is 1. The van der Waals surface area contributed by atoms with Crippen LogP contribution < -0.4 is 19.7 Å². The molecular weight excluding hydrogens is 464 g/mol. The topological polar surface area (TPSA) is 111 Å². The SMILES string of the molecule is CCOC(=O)[C@@]1(CC)N[C@@H](c2ccc(OC)c(OC)c2)[C@H]2C(=O)N(c3cccc(C(C)=O)c3)C(=O)[C@@H]21. The van der Waals surface area contributed by atoms with Crippen molar-refractivity contribution in [1.82, 2.24) is 5.32 Å². The number of Topliss-reactive ketones (excluding diaryl/α,β-unsaturated/α-hetero) is 1. The molecule has 9 heteroatoms. The highest BCUT2D eigenvalue weighted by atomic mass is 16.5. The third kappa shape index (κ3) is 3.83. The van der Waals surface area contributed by atoms with Crippen molar-refractivity contribution < 1.29 is 33.4 Å². The van der Waals surface area contributed by atoms with Crippen molar-refractivity contribution in [2.45, 2.75) is 38.8 Å². The fourth-order valence-corrected chi connectivity index (χ4v) is 5.37. The third-order valence-electron chi connectivity index (χ3n) is 7.13. The summed E-state index contributed by atoms with van der Waals surface area (Å²) in [6.45, 7) is 5.03. The first-order chi connectivity index (χ1) is 17.2. The molecule has 0 aliphatic carbocycles. The summed E-state index contributed by atoms with van der Waals surface area (Å²) in [5.41, 5.74) is -0.0558. The van der Waals surface area contributed by atoms with Crippen LogP contribution in [0, 0.1) is 11.8 Å². The second-order valence-corrected chi connectivity index (χ2v) is 8.90. The standard InChI is InChI=1S/C27H30N2O7/c1-6-27(26(33)36-7-2)22-21(23(28-27)17-11-12-19(34-4)20(14-17)35-5)24(31)29(25(22)32)18-10-8-9-16(13-18)15(3)30/h8-14,21-23,28H,6-7H2,1-5H3/t21-,22+,23-,27-/m0/s1.